The number of rotatable bonds is 3. The Balaban J connectivity index is 2.15. The molecular weight excluding hydrogens is 250 g/mol. The van der Waals surface area contributed by atoms with Crippen LogP contribution in [0, 0.1) is 17.6 Å². The molecule has 1 amide bonds. The van der Waals surface area contributed by atoms with Gasteiger partial charge in [0, 0.05) is 19.2 Å². The van der Waals surface area contributed by atoms with Crippen molar-refractivity contribution in [2.24, 2.45) is 5.92 Å². The van der Waals surface area contributed by atoms with Gasteiger partial charge in [0.2, 0.25) is 5.91 Å². The lowest BCUT2D eigenvalue weighted by atomic mass is 10.0. The van der Waals surface area contributed by atoms with Crippen LogP contribution in [0.2, 0.25) is 0 Å². The second-order valence-electron chi connectivity index (χ2n) is 4.98. The Bertz CT molecular complexity index is 473. The number of hydrogen-bond donors (Lipinski definition) is 1. The molecule has 104 valence electrons. The van der Waals surface area contributed by atoms with Gasteiger partial charge in [-0.2, -0.15) is 0 Å². The molecule has 1 aliphatic heterocycles. The predicted octanol–water partition coefficient (Wildman–Crippen LogP) is 2.09. The van der Waals surface area contributed by atoms with Crippen LogP contribution in [-0.2, 0) is 4.79 Å². The highest BCUT2D eigenvalue weighted by Crippen LogP contribution is 2.25. The summed E-state index contributed by atoms with van der Waals surface area (Å²) >= 11 is 0. The molecule has 3 nitrogen and oxygen atoms in total. The Morgan fingerprint density at radius 1 is 1.47 bits per heavy atom. The Morgan fingerprint density at radius 2 is 2.21 bits per heavy atom. The van der Waals surface area contributed by atoms with Gasteiger partial charge in [0.15, 0.2) is 0 Å². The number of benzene rings is 1. The van der Waals surface area contributed by atoms with Gasteiger partial charge < -0.3 is 10.2 Å². The zero-order valence-corrected chi connectivity index (χ0v) is 11.1. The normalized spacial score (nSPS) is 20.3. The molecule has 0 bridgehead atoms. The lowest BCUT2D eigenvalue weighted by Crippen LogP contribution is -2.36. The van der Waals surface area contributed by atoms with Crippen LogP contribution < -0.4 is 5.32 Å². The minimum atomic E-state index is -0.494. The van der Waals surface area contributed by atoms with Crippen molar-refractivity contribution in [3.05, 3.63) is 35.4 Å². The number of nitrogens with one attached hydrogen (secondary N) is 1. The van der Waals surface area contributed by atoms with Crippen molar-refractivity contribution in [3.8, 4) is 0 Å². The quantitative estimate of drug-likeness (QED) is 0.910. The number of nitrogens with zero attached hydrogens (tertiary/aromatic N) is 1. The number of halogens is 2. The molecule has 0 radical (unpaired) electrons. The molecule has 2 atom stereocenters. The van der Waals surface area contributed by atoms with E-state index in [4.69, 9.17) is 0 Å². The van der Waals surface area contributed by atoms with Gasteiger partial charge >= 0.3 is 0 Å². The van der Waals surface area contributed by atoms with Crippen molar-refractivity contribution < 1.29 is 13.6 Å². The zero-order chi connectivity index (χ0) is 14.0. The van der Waals surface area contributed by atoms with Crippen molar-refractivity contribution in [1.29, 1.82) is 0 Å². The minimum absolute atomic E-state index is 0.0267. The van der Waals surface area contributed by atoms with Crippen LogP contribution in [0.15, 0.2) is 18.2 Å². The fourth-order valence-electron chi connectivity index (χ4n) is 2.39. The average molecular weight is 268 g/mol. The van der Waals surface area contributed by atoms with Crippen LogP contribution in [0.5, 0.6) is 0 Å². The van der Waals surface area contributed by atoms with Gasteiger partial charge in [-0.25, -0.2) is 8.78 Å². The number of carbonyl (C=O) groups excluding carboxylic acids is 1. The Hall–Kier alpha value is -1.49. The van der Waals surface area contributed by atoms with E-state index in [1.165, 1.54) is 4.90 Å². The molecule has 19 heavy (non-hydrogen) atoms. The molecular formula is C14H18F2N2O. The fraction of sp³-hybridized carbons (Fsp3) is 0.500. The van der Waals surface area contributed by atoms with E-state index in [0.29, 0.717) is 6.54 Å². The third-order valence-corrected chi connectivity index (χ3v) is 3.75. The van der Waals surface area contributed by atoms with Gasteiger partial charge in [-0.1, -0.05) is 0 Å². The summed E-state index contributed by atoms with van der Waals surface area (Å²) in [5.74, 6) is -1.07. The summed E-state index contributed by atoms with van der Waals surface area (Å²) in [6.07, 6.45) is 0.793. The SMILES string of the molecule is C[C@@H](c1cc(F)ccc1F)N(C)C(=O)[C@H]1CCNC1. The molecule has 0 unspecified atom stereocenters. The van der Waals surface area contributed by atoms with Crippen LogP contribution in [0.25, 0.3) is 0 Å². The first kappa shape index (κ1) is 13.9. The lowest BCUT2D eigenvalue weighted by molar-refractivity contribution is -0.135. The maximum absolute atomic E-state index is 13.7. The molecule has 5 heteroatoms. The Kier molecular flexibility index (Phi) is 4.14. The van der Waals surface area contributed by atoms with E-state index in [9.17, 15) is 13.6 Å². The first-order chi connectivity index (χ1) is 9.00. The summed E-state index contributed by atoms with van der Waals surface area (Å²) < 4.78 is 26.9. The van der Waals surface area contributed by atoms with Crippen molar-refractivity contribution >= 4 is 5.91 Å². The predicted molar refractivity (Wildman–Crippen MR) is 68.5 cm³/mol. The first-order valence-corrected chi connectivity index (χ1v) is 6.43. The van der Waals surface area contributed by atoms with Crippen LogP contribution in [0.3, 0.4) is 0 Å². The summed E-state index contributed by atoms with van der Waals surface area (Å²) in [6.45, 7) is 3.19. The summed E-state index contributed by atoms with van der Waals surface area (Å²) in [6, 6.07) is 2.84. The summed E-state index contributed by atoms with van der Waals surface area (Å²) in [5, 5.41) is 3.13. The topological polar surface area (TPSA) is 32.3 Å². The van der Waals surface area contributed by atoms with Crippen molar-refractivity contribution in [2.45, 2.75) is 19.4 Å². The van der Waals surface area contributed by atoms with Crippen LogP contribution >= 0.6 is 0 Å². The molecule has 0 spiro atoms. The number of amides is 1. The average Bonchev–Trinajstić information content (AvgIpc) is 2.93. The maximum atomic E-state index is 13.7. The minimum Gasteiger partial charge on any atom is -0.339 e. The summed E-state index contributed by atoms with van der Waals surface area (Å²) in [7, 11) is 1.63. The first-order valence-electron chi connectivity index (χ1n) is 6.43. The van der Waals surface area contributed by atoms with Gasteiger partial charge in [0.1, 0.15) is 11.6 Å². The molecule has 0 saturated carbocycles. The Labute approximate surface area is 111 Å². The highest BCUT2D eigenvalue weighted by atomic mass is 19.1. The molecule has 1 aliphatic rings. The smallest absolute Gasteiger partial charge is 0.227 e. The molecule has 2 rings (SSSR count). The third-order valence-electron chi connectivity index (χ3n) is 3.75. The van der Waals surface area contributed by atoms with E-state index in [-0.39, 0.29) is 17.4 Å². The molecule has 1 fully saturated rings. The van der Waals surface area contributed by atoms with E-state index in [0.717, 1.165) is 31.2 Å². The van der Waals surface area contributed by atoms with Gasteiger partial charge in [0.05, 0.1) is 12.0 Å². The highest BCUT2D eigenvalue weighted by molar-refractivity contribution is 5.79. The number of hydrogen-bond acceptors (Lipinski definition) is 2. The standard InChI is InChI=1S/C14H18F2N2O/c1-9(12-7-11(15)3-4-13(12)16)18(2)14(19)10-5-6-17-8-10/h3-4,7,9-10,17H,5-6,8H2,1-2H3/t9-,10-/m0/s1. The molecule has 1 heterocycles. The van der Waals surface area contributed by atoms with E-state index in [2.05, 4.69) is 5.32 Å². The van der Waals surface area contributed by atoms with Crippen LogP contribution in [-0.4, -0.2) is 30.9 Å². The van der Waals surface area contributed by atoms with Gasteiger partial charge in [-0.05, 0) is 38.1 Å². The van der Waals surface area contributed by atoms with E-state index in [1.54, 1.807) is 14.0 Å². The van der Waals surface area contributed by atoms with Gasteiger partial charge in [0.25, 0.3) is 0 Å². The van der Waals surface area contributed by atoms with Crippen molar-refractivity contribution in [1.82, 2.24) is 10.2 Å². The largest absolute Gasteiger partial charge is 0.339 e. The molecule has 1 N–H and O–H groups in total. The molecule has 1 aromatic rings. The lowest BCUT2D eigenvalue weighted by Gasteiger charge is -2.28. The molecule has 1 aromatic carbocycles. The van der Waals surface area contributed by atoms with Gasteiger partial charge in [-0.15, -0.1) is 0 Å². The van der Waals surface area contributed by atoms with E-state index in [1.807, 2.05) is 0 Å². The monoisotopic (exact) mass is 268 g/mol. The van der Waals surface area contributed by atoms with Crippen molar-refractivity contribution in [3.63, 3.8) is 0 Å². The molecule has 0 aliphatic carbocycles. The maximum Gasteiger partial charge on any atom is 0.227 e. The Morgan fingerprint density at radius 3 is 2.84 bits per heavy atom. The van der Waals surface area contributed by atoms with E-state index >= 15 is 0 Å². The molecule has 0 aromatic heterocycles. The second-order valence-corrected chi connectivity index (χ2v) is 4.98. The fourth-order valence-corrected chi connectivity index (χ4v) is 2.39. The van der Waals surface area contributed by atoms with Crippen molar-refractivity contribution in [2.75, 3.05) is 20.1 Å². The number of carbonyl (C=O) groups is 1. The van der Waals surface area contributed by atoms with Gasteiger partial charge in [-0.3, -0.25) is 4.79 Å². The summed E-state index contributed by atoms with van der Waals surface area (Å²) in [4.78, 5) is 13.7. The van der Waals surface area contributed by atoms with Crippen LogP contribution in [0.1, 0.15) is 24.9 Å². The zero-order valence-electron chi connectivity index (χ0n) is 11.1. The summed E-state index contributed by atoms with van der Waals surface area (Å²) in [5.41, 5.74) is 0.210. The third kappa shape index (κ3) is 2.92. The highest BCUT2D eigenvalue weighted by Gasteiger charge is 2.29. The molecule has 1 saturated heterocycles. The van der Waals surface area contributed by atoms with Crippen LogP contribution in [0.4, 0.5) is 8.78 Å². The second kappa shape index (κ2) is 5.65. The van der Waals surface area contributed by atoms with E-state index < -0.39 is 17.7 Å².